The molecule has 18 heavy (non-hydrogen) atoms. The maximum atomic E-state index is 5.77. The number of pyridine rings is 1. The summed E-state index contributed by atoms with van der Waals surface area (Å²) in [6, 6.07) is 2.36. The van der Waals surface area contributed by atoms with E-state index in [1.54, 1.807) is 0 Å². The van der Waals surface area contributed by atoms with Crippen molar-refractivity contribution in [2.75, 3.05) is 5.75 Å². The summed E-state index contributed by atoms with van der Waals surface area (Å²) in [5.74, 6) is 6.90. The Kier molecular flexibility index (Phi) is 4.95. The predicted molar refractivity (Wildman–Crippen MR) is 81.8 cm³/mol. The van der Waals surface area contributed by atoms with Gasteiger partial charge in [0.2, 0.25) is 0 Å². The summed E-state index contributed by atoms with van der Waals surface area (Å²) in [6.45, 7) is 6.67. The van der Waals surface area contributed by atoms with Crippen molar-refractivity contribution in [3.63, 3.8) is 0 Å². The van der Waals surface area contributed by atoms with Crippen LogP contribution < -0.4 is 11.3 Å². The van der Waals surface area contributed by atoms with Crippen LogP contribution in [0, 0.1) is 6.92 Å². The zero-order valence-corrected chi connectivity index (χ0v) is 12.7. The molecule has 0 saturated carbocycles. The molecule has 100 valence electrons. The lowest BCUT2D eigenvalue weighted by molar-refractivity contribution is 0.547. The molecule has 2 rings (SSSR count). The van der Waals surface area contributed by atoms with Crippen molar-refractivity contribution in [2.45, 2.75) is 42.6 Å². The van der Waals surface area contributed by atoms with Crippen molar-refractivity contribution < 1.29 is 0 Å². The number of nitrogens with zero attached hydrogens (tertiary/aromatic N) is 1. The van der Waals surface area contributed by atoms with Crippen molar-refractivity contribution in [1.29, 1.82) is 0 Å². The maximum absolute atomic E-state index is 5.77. The molecule has 1 fully saturated rings. The van der Waals surface area contributed by atoms with E-state index < -0.39 is 0 Å². The Labute approximate surface area is 118 Å². The molecule has 2 heterocycles. The highest BCUT2D eigenvalue weighted by Gasteiger charge is 2.31. The Balaban J connectivity index is 2.14. The van der Waals surface area contributed by atoms with Gasteiger partial charge in [0.15, 0.2) is 0 Å². The van der Waals surface area contributed by atoms with E-state index in [0.717, 1.165) is 11.0 Å². The summed E-state index contributed by atoms with van der Waals surface area (Å²) in [5.41, 5.74) is 5.35. The lowest BCUT2D eigenvalue weighted by atomic mass is 10.1. The summed E-state index contributed by atoms with van der Waals surface area (Å²) in [7, 11) is 0. The van der Waals surface area contributed by atoms with Gasteiger partial charge >= 0.3 is 0 Å². The predicted octanol–water partition coefficient (Wildman–Crippen LogP) is 2.52. The number of rotatable bonds is 3. The van der Waals surface area contributed by atoms with Gasteiger partial charge in [0.25, 0.3) is 0 Å². The van der Waals surface area contributed by atoms with Gasteiger partial charge in [0.1, 0.15) is 0 Å². The fraction of sp³-hybridized carbons (Fsp3) is 0.615. The van der Waals surface area contributed by atoms with E-state index >= 15 is 0 Å². The third-order valence-electron chi connectivity index (χ3n) is 3.38. The first-order valence-corrected chi connectivity index (χ1v) is 8.25. The summed E-state index contributed by atoms with van der Waals surface area (Å²) in [6.07, 6.45) is 3.80. The number of nitrogens with one attached hydrogen (secondary N) is 1. The van der Waals surface area contributed by atoms with E-state index in [1.165, 1.54) is 11.1 Å². The molecule has 0 radical (unpaired) electrons. The summed E-state index contributed by atoms with van der Waals surface area (Å²) in [4.78, 5) is 4.27. The van der Waals surface area contributed by atoms with Gasteiger partial charge < -0.3 is 0 Å². The second-order valence-corrected chi connectivity index (χ2v) is 7.89. The Morgan fingerprint density at radius 2 is 2.17 bits per heavy atom. The molecule has 1 aliphatic rings. The first-order valence-electron chi connectivity index (χ1n) is 6.26. The molecule has 1 saturated heterocycles. The summed E-state index contributed by atoms with van der Waals surface area (Å²) in [5, 5.41) is 1.90. The highest BCUT2D eigenvalue weighted by molar-refractivity contribution is 8.07. The Hall–Kier alpha value is -0.230. The molecule has 1 aromatic rings. The number of thioether (sulfide) groups is 2. The first-order chi connectivity index (χ1) is 8.61. The topological polar surface area (TPSA) is 50.9 Å². The van der Waals surface area contributed by atoms with Crippen LogP contribution in [0.3, 0.4) is 0 Å². The van der Waals surface area contributed by atoms with Crippen LogP contribution in [0.2, 0.25) is 0 Å². The number of nitrogens with two attached hydrogens (primary N) is 1. The molecule has 4 atom stereocenters. The molecule has 1 aromatic heterocycles. The minimum Gasteiger partial charge on any atom is -0.271 e. The molecule has 3 nitrogen and oxygen atoms in total. The van der Waals surface area contributed by atoms with E-state index in [2.05, 4.69) is 37.2 Å². The molecule has 0 amide bonds. The average Bonchev–Trinajstić information content (AvgIpc) is 2.35. The second-order valence-electron chi connectivity index (χ2n) is 4.86. The lowest BCUT2D eigenvalue weighted by Crippen LogP contribution is -2.40. The second kappa shape index (κ2) is 6.28. The van der Waals surface area contributed by atoms with Crippen LogP contribution in [0.15, 0.2) is 18.5 Å². The molecule has 0 aromatic carbocycles. The molecule has 0 bridgehead atoms. The fourth-order valence-electron chi connectivity index (χ4n) is 2.15. The molecule has 3 N–H and O–H groups in total. The van der Waals surface area contributed by atoms with Crippen LogP contribution >= 0.6 is 23.5 Å². The zero-order chi connectivity index (χ0) is 13.1. The van der Waals surface area contributed by atoms with E-state index in [9.17, 15) is 0 Å². The van der Waals surface area contributed by atoms with Crippen molar-refractivity contribution in [1.82, 2.24) is 10.4 Å². The number of hydrogen-bond donors (Lipinski definition) is 2. The van der Waals surface area contributed by atoms with Gasteiger partial charge in [-0.05, 0) is 18.1 Å². The van der Waals surface area contributed by atoms with Gasteiger partial charge in [-0.15, -0.1) is 0 Å². The van der Waals surface area contributed by atoms with E-state index in [1.807, 2.05) is 35.9 Å². The normalized spacial score (nSPS) is 30.1. The number of hydrogen-bond acceptors (Lipinski definition) is 5. The van der Waals surface area contributed by atoms with Crippen molar-refractivity contribution >= 4 is 23.5 Å². The maximum Gasteiger partial charge on any atom is 0.0601 e. The Morgan fingerprint density at radius 1 is 1.39 bits per heavy atom. The van der Waals surface area contributed by atoms with Crippen LogP contribution in [-0.4, -0.2) is 26.5 Å². The van der Waals surface area contributed by atoms with Crippen molar-refractivity contribution in [2.24, 2.45) is 5.84 Å². The van der Waals surface area contributed by atoms with Gasteiger partial charge in [0, 0.05) is 33.9 Å². The minimum absolute atomic E-state index is 0.185. The number of aromatic nitrogens is 1. The smallest absolute Gasteiger partial charge is 0.0601 e. The molecule has 1 aliphatic heterocycles. The minimum atomic E-state index is 0.185. The van der Waals surface area contributed by atoms with E-state index in [-0.39, 0.29) is 6.04 Å². The standard InChI is InChI=1S/C13H21N3S2/c1-8-4-11(6-15-5-8)13(16-14)12-7-17-9(2)10(3)18-12/h4-6,9-10,12-13,16H,7,14H2,1-3H3. The first kappa shape index (κ1) is 14.2. The molecular weight excluding hydrogens is 262 g/mol. The highest BCUT2D eigenvalue weighted by atomic mass is 32.2. The van der Waals surface area contributed by atoms with Crippen LogP contribution in [0.4, 0.5) is 0 Å². The summed E-state index contributed by atoms with van der Waals surface area (Å²) < 4.78 is 0. The van der Waals surface area contributed by atoms with Gasteiger partial charge in [-0.1, -0.05) is 19.9 Å². The zero-order valence-electron chi connectivity index (χ0n) is 11.1. The Bertz CT molecular complexity index is 400. The Morgan fingerprint density at radius 3 is 2.78 bits per heavy atom. The lowest BCUT2D eigenvalue weighted by Gasteiger charge is -2.35. The van der Waals surface area contributed by atoms with Gasteiger partial charge in [-0.2, -0.15) is 23.5 Å². The summed E-state index contributed by atoms with van der Waals surface area (Å²) >= 11 is 4.08. The molecular formula is C13H21N3S2. The van der Waals surface area contributed by atoms with Crippen LogP contribution in [-0.2, 0) is 0 Å². The molecule has 0 aliphatic carbocycles. The molecule has 4 unspecified atom stereocenters. The third-order valence-corrected chi connectivity index (χ3v) is 6.88. The van der Waals surface area contributed by atoms with Crippen LogP contribution in [0.1, 0.15) is 31.0 Å². The third kappa shape index (κ3) is 3.20. The van der Waals surface area contributed by atoms with E-state index in [0.29, 0.717) is 10.5 Å². The molecule has 0 spiro atoms. The van der Waals surface area contributed by atoms with Gasteiger partial charge in [0.05, 0.1) is 6.04 Å². The number of hydrazine groups is 1. The van der Waals surface area contributed by atoms with Crippen LogP contribution in [0.25, 0.3) is 0 Å². The highest BCUT2D eigenvalue weighted by Crippen LogP contribution is 2.40. The largest absolute Gasteiger partial charge is 0.271 e. The fourth-order valence-corrected chi connectivity index (χ4v) is 5.25. The average molecular weight is 283 g/mol. The van der Waals surface area contributed by atoms with Crippen molar-refractivity contribution in [3.05, 3.63) is 29.6 Å². The van der Waals surface area contributed by atoms with Crippen molar-refractivity contribution in [3.8, 4) is 0 Å². The molecule has 5 heteroatoms. The quantitative estimate of drug-likeness (QED) is 0.659. The van der Waals surface area contributed by atoms with Gasteiger partial charge in [-0.3, -0.25) is 16.3 Å². The van der Waals surface area contributed by atoms with E-state index in [4.69, 9.17) is 5.84 Å². The van der Waals surface area contributed by atoms with Crippen LogP contribution in [0.5, 0.6) is 0 Å². The van der Waals surface area contributed by atoms with Gasteiger partial charge in [-0.25, -0.2) is 0 Å². The SMILES string of the molecule is Cc1cncc(C(NN)C2CSC(C)C(C)S2)c1. The number of aryl methyl sites for hydroxylation is 1. The monoisotopic (exact) mass is 283 g/mol.